The molecule has 1 nitrogen and oxygen atoms in total. The van der Waals surface area contributed by atoms with Gasteiger partial charge < -0.3 is 4.90 Å². The minimum absolute atomic E-state index is 0.994. The summed E-state index contributed by atoms with van der Waals surface area (Å²) in [6.07, 6.45) is 10.7. The molecule has 0 aromatic heterocycles. The quantitative estimate of drug-likeness (QED) is 0.552. The monoisotopic (exact) mass is 179 g/mol. The molecule has 1 saturated carbocycles. The van der Waals surface area contributed by atoms with Crippen molar-refractivity contribution in [2.24, 2.45) is 11.8 Å². The smallest absolute Gasteiger partial charge is 0.00984 e. The summed E-state index contributed by atoms with van der Waals surface area (Å²) in [5.41, 5.74) is 0. The van der Waals surface area contributed by atoms with Crippen molar-refractivity contribution in [1.29, 1.82) is 0 Å². The van der Waals surface area contributed by atoms with Crippen molar-refractivity contribution in [2.75, 3.05) is 13.1 Å². The van der Waals surface area contributed by atoms with Crippen molar-refractivity contribution in [3.63, 3.8) is 0 Å². The number of nitrogens with zero attached hydrogens (tertiary/aromatic N) is 1. The zero-order valence-corrected chi connectivity index (χ0v) is 8.54. The van der Waals surface area contributed by atoms with Gasteiger partial charge in [0.25, 0.3) is 0 Å². The molecule has 3 rings (SSSR count). The van der Waals surface area contributed by atoms with Gasteiger partial charge in [0.2, 0.25) is 0 Å². The van der Waals surface area contributed by atoms with E-state index in [-0.39, 0.29) is 0 Å². The molecule has 3 unspecified atom stereocenters. The van der Waals surface area contributed by atoms with Crippen molar-refractivity contribution in [3.05, 3.63) is 0 Å². The zero-order valence-electron chi connectivity index (χ0n) is 8.54. The Bertz CT molecular complexity index is 170. The van der Waals surface area contributed by atoms with Crippen LogP contribution < -0.4 is 0 Å². The van der Waals surface area contributed by atoms with Gasteiger partial charge in [0.05, 0.1) is 0 Å². The van der Waals surface area contributed by atoms with Crippen LogP contribution in [-0.4, -0.2) is 24.0 Å². The molecule has 74 valence electrons. The van der Waals surface area contributed by atoms with Gasteiger partial charge in [-0.2, -0.15) is 0 Å². The Labute approximate surface area is 81.5 Å². The molecule has 2 saturated heterocycles. The lowest BCUT2D eigenvalue weighted by Crippen LogP contribution is -2.29. The summed E-state index contributed by atoms with van der Waals surface area (Å²) >= 11 is 0. The average Bonchev–Trinajstić information content (AvgIpc) is 2.72. The third-order valence-corrected chi connectivity index (χ3v) is 4.68. The molecule has 3 aliphatic rings. The molecule has 0 N–H and O–H groups in total. The summed E-state index contributed by atoms with van der Waals surface area (Å²) in [6, 6.07) is 0.994. The Morgan fingerprint density at radius 2 is 1.69 bits per heavy atom. The van der Waals surface area contributed by atoms with Crippen LogP contribution in [0.3, 0.4) is 0 Å². The largest absolute Gasteiger partial charge is 0.300 e. The van der Waals surface area contributed by atoms with Crippen LogP contribution in [0.5, 0.6) is 0 Å². The third kappa shape index (κ3) is 1.41. The Morgan fingerprint density at radius 1 is 0.769 bits per heavy atom. The van der Waals surface area contributed by atoms with E-state index in [1.165, 1.54) is 38.8 Å². The molecule has 0 radical (unpaired) electrons. The highest BCUT2D eigenvalue weighted by molar-refractivity contribution is 4.90. The Balaban J connectivity index is 1.73. The molecule has 0 aromatic rings. The van der Waals surface area contributed by atoms with Crippen molar-refractivity contribution < 1.29 is 0 Å². The predicted molar refractivity (Wildman–Crippen MR) is 54.7 cm³/mol. The van der Waals surface area contributed by atoms with Gasteiger partial charge in [-0.25, -0.2) is 0 Å². The Morgan fingerprint density at radius 3 is 2.69 bits per heavy atom. The molecule has 0 bridgehead atoms. The second-order valence-corrected chi connectivity index (χ2v) is 5.31. The molecule has 0 amide bonds. The fourth-order valence-corrected chi connectivity index (χ4v) is 3.94. The lowest BCUT2D eigenvalue weighted by atomic mass is 9.89. The normalized spacial score (nSPS) is 45.7. The van der Waals surface area contributed by atoms with Crippen LogP contribution in [0, 0.1) is 11.8 Å². The van der Waals surface area contributed by atoms with Gasteiger partial charge in [-0.1, -0.05) is 19.3 Å². The molecule has 0 aromatic carbocycles. The topological polar surface area (TPSA) is 3.24 Å². The SMILES string of the molecule is C1CC2CCN3CCCC3CC2C1. The summed E-state index contributed by atoms with van der Waals surface area (Å²) in [6.45, 7) is 2.83. The first kappa shape index (κ1) is 8.28. The van der Waals surface area contributed by atoms with Crippen molar-refractivity contribution in [2.45, 2.75) is 51.0 Å². The lowest BCUT2D eigenvalue weighted by Gasteiger charge is -2.22. The average molecular weight is 179 g/mol. The Hall–Kier alpha value is -0.0400. The standard InChI is InChI=1S/C12H21N/c1-3-10-6-8-13-7-2-5-12(13)9-11(10)4-1/h10-12H,1-9H2. The highest BCUT2D eigenvalue weighted by Crippen LogP contribution is 2.42. The summed E-state index contributed by atoms with van der Waals surface area (Å²) in [4.78, 5) is 2.78. The zero-order chi connectivity index (χ0) is 8.67. The first-order chi connectivity index (χ1) is 6.43. The van der Waals surface area contributed by atoms with Crippen LogP contribution in [0.4, 0.5) is 0 Å². The minimum Gasteiger partial charge on any atom is -0.300 e. The fraction of sp³-hybridized carbons (Fsp3) is 1.00. The highest BCUT2D eigenvalue weighted by atomic mass is 15.2. The molecular formula is C12H21N. The second-order valence-electron chi connectivity index (χ2n) is 5.31. The molecule has 0 spiro atoms. The maximum atomic E-state index is 2.78. The van der Waals surface area contributed by atoms with E-state index in [0.717, 1.165) is 17.9 Å². The second kappa shape index (κ2) is 3.27. The molecule has 2 aliphatic heterocycles. The van der Waals surface area contributed by atoms with Gasteiger partial charge in [0, 0.05) is 6.04 Å². The van der Waals surface area contributed by atoms with Crippen molar-refractivity contribution in [3.8, 4) is 0 Å². The Kier molecular flexibility index (Phi) is 2.08. The van der Waals surface area contributed by atoms with E-state index in [4.69, 9.17) is 0 Å². The molecule has 3 atom stereocenters. The van der Waals surface area contributed by atoms with Gasteiger partial charge in [-0.3, -0.25) is 0 Å². The molecule has 2 heterocycles. The van der Waals surface area contributed by atoms with E-state index in [0.29, 0.717) is 0 Å². The van der Waals surface area contributed by atoms with Crippen molar-refractivity contribution >= 4 is 0 Å². The van der Waals surface area contributed by atoms with Crippen LogP contribution >= 0.6 is 0 Å². The highest BCUT2D eigenvalue weighted by Gasteiger charge is 2.36. The number of hydrogen-bond donors (Lipinski definition) is 0. The fourth-order valence-electron chi connectivity index (χ4n) is 3.94. The van der Waals surface area contributed by atoms with E-state index in [1.54, 1.807) is 19.3 Å². The van der Waals surface area contributed by atoms with E-state index >= 15 is 0 Å². The van der Waals surface area contributed by atoms with Crippen LogP contribution in [0.25, 0.3) is 0 Å². The van der Waals surface area contributed by atoms with Gasteiger partial charge >= 0.3 is 0 Å². The van der Waals surface area contributed by atoms with E-state index < -0.39 is 0 Å². The predicted octanol–water partition coefficient (Wildman–Crippen LogP) is 2.66. The van der Waals surface area contributed by atoms with Crippen molar-refractivity contribution in [1.82, 2.24) is 4.90 Å². The summed E-state index contributed by atoms with van der Waals surface area (Å²) in [5, 5.41) is 0. The molecular weight excluding hydrogens is 158 g/mol. The number of rotatable bonds is 0. The van der Waals surface area contributed by atoms with Crippen LogP contribution in [0.15, 0.2) is 0 Å². The number of fused-ring (bicyclic) bond motifs is 2. The molecule has 1 heteroatoms. The van der Waals surface area contributed by atoms with Gasteiger partial charge in [0.15, 0.2) is 0 Å². The van der Waals surface area contributed by atoms with Gasteiger partial charge in [-0.15, -0.1) is 0 Å². The van der Waals surface area contributed by atoms with E-state index in [9.17, 15) is 0 Å². The molecule has 1 aliphatic carbocycles. The molecule has 13 heavy (non-hydrogen) atoms. The molecule has 3 fully saturated rings. The summed E-state index contributed by atoms with van der Waals surface area (Å²) in [7, 11) is 0. The summed E-state index contributed by atoms with van der Waals surface area (Å²) < 4.78 is 0. The van der Waals surface area contributed by atoms with Crippen LogP contribution in [-0.2, 0) is 0 Å². The van der Waals surface area contributed by atoms with Crippen LogP contribution in [0.1, 0.15) is 44.9 Å². The van der Waals surface area contributed by atoms with Gasteiger partial charge in [0.1, 0.15) is 0 Å². The lowest BCUT2D eigenvalue weighted by molar-refractivity contribution is 0.249. The first-order valence-electron chi connectivity index (χ1n) is 6.17. The van der Waals surface area contributed by atoms with E-state index in [1.807, 2.05) is 0 Å². The maximum Gasteiger partial charge on any atom is 0.00984 e. The van der Waals surface area contributed by atoms with Crippen LogP contribution in [0.2, 0.25) is 0 Å². The minimum atomic E-state index is 0.994. The summed E-state index contributed by atoms with van der Waals surface area (Å²) in [5.74, 6) is 2.23. The van der Waals surface area contributed by atoms with E-state index in [2.05, 4.69) is 4.90 Å². The first-order valence-corrected chi connectivity index (χ1v) is 6.17. The third-order valence-electron chi connectivity index (χ3n) is 4.68. The maximum absolute atomic E-state index is 2.78. The van der Waals surface area contributed by atoms with Gasteiger partial charge in [-0.05, 0) is 50.6 Å². The number of hydrogen-bond acceptors (Lipinski definition) is 1.